The molecule has 0 aromatic carbocycles. The highest BCUT2D eigenvalue weighted by Crippen LogP contribution is 2.16. The van der Waals surface area contributed by atoms with E-state index in [1.807, 2.05) is 6.92 Å². The largest absolute Gasteiger partial charge is 0.376 e. The van der Waals surface area contributed by atoms with Crippen LogP contribution in [0.2, 0.25) is 0 Å². The van der Waals surface area contributed by atoms with E-state index in [9.17, 15) is 0 Å². The van der Waals surface area contributed by atoms with Crippen molar-refractivity contribution in [3.8, 4) is 0 Å². The maximum atomic E-state index is 5.45. The topological polar surface area (TPSA) is 60.0 Å². The lowest BCUT2D eigenvalue weighted by atomic mass is 10.3. The van der Waals surface area contributed by atoms with E-state index in [1.54, 1.807) is 0 Å². The smallest absolute Gasteiger partial charge is 0.181 e. The lowest BCUT2D eigenvalue weighted by molar-refractivity contribution is -0.0934. The number of hydrogen-bond acceptors (Lipinski definition) is 4. The van der Waals surface area contributed by atoms with E-state index in [4.69, 9.17) is 9.47 Å². The van der Waals surface area contributed by atoms with Crippen LogP contribution < -0.4 is 0 Å². The maximum Gasteiger partial charge on any atom is 0.181 e. The molecule has 0 radical (unpaired) electrons. The summed E-state index contributed by atoms with van der Waals surface area (Å²) in [7, 11) is 0. The number of aryl methyl sites for hydroxylation is 1. The van der Waals surface area contributed by atoms with Gasteiger partial charge in [0.1, 0.15) is 11.9 Å². The molecule has 1 aliphatic rings. The average molecular weight is 183 g/mol. The molecule has 13 heavy (non-hydrogen) atoms. The Morgan fingerprint density at radius 1 is 1.54 bits per heavy atom. The molecule has 1 N–H and O–H groups in total. The number of nitrogens with one attached hydrogen (secondary N) is 1. The minimum Gasteiger partial charge on any atom is -0.376 e. The Labute approximate surface area is 76.5 Å². The van der Waals surface area contributed by atoms with Gasteiger partial charge < -0.3 is 9.47 Å². The number of ether oxygens (including phenoxy) is 2. The zero-order valence-corrected chi connectivity index (χ0v) is 7.62. The number of aromatic amines is 1. The predicted octanol–water partition coefficient (Wildman–Crippen LogP) is 0.455. The Kier molecular flexibility index (Phi) is 2.56. The van der Waals surface area contributed by atoms with Gasteiger partial charge in [-0.1, -0.05) is 6.92 Å². The van der Waals surface area contributed by atoms with Gasteiger partial charge in [0.05, 0.1) is 19.8 Å². The Morgan fingerprint density at radius 3 is 3.08 bits per heavy atom. The Hall–Kier alpha value is -0.940. The monoisotopic (exact) mass is 183 g/mol. The fourth-order valence-corrected chi connectivity index (χ4v) is 1.25. The normalized spacial score (nSPS) is 23.3. The minimum absolute atomic E-state index is 0.0923. The van der Waals surface area contributed by atoms with E-state index in [1.165, 1.54) is 0 Å². The fourth-order valence-electron chi connectivity index (χ4n) is 1.25. The Morgan fingerprint density at radius 2 is 2.46 bits per heavy atom. The summed E-state index contributed by atoms with van der Waals surface area (Å²) in [4.78, 5) is 4.28. The molecular formula is C8H13N3O2. The zero-order chi connectivity index (χ0) is 9.10. The number of hydrogen-bond donors (Lipinski definition) is 1. The van der Waals surface area contributed by atoms with Crippen molar-refractivity contribution in [1.29, 1.82) is 0 Å². The van der Waals surface area contributed by atoms with Crippen molar-refractivity contribution >= 4 is 0 Å². The fraction of sp³-hybridized carbons (Fsp3) is 0.750. The van der Waals surface area contributed by atoms with E-state index in [2.05, 4.69) is 15.2 Å². The molecule has 2 heterocycles. The van der Waals surface area contributed by atoms with E-state index in [0.717, 1.165) is 12.2 Å². The van der Waals surface area contributed by atoms with Gasteiger partial charge in [-0.05, 0) is 0 Å². The molecule has 0 aliphatic carbocycles. The summed E-state index contributed by atoms with van der Waals surface area (Å²) >= 11 is 0. The predicted molar refractivity (Wildman–Crippen MR) is 45.3 cm³/mol. The second kappa shape index (κ2) is 3.85. The van der Waals surface area contributed by atoms with E-state index >= 15 is 0 Å². The van der Waals surface area contributed by atoms with E-state index in [-0.39, 0.29) is 6.10 Å². The van der Waals surface area contributed by atoms with Crippen LogP contribution >= 0.6 is 0 Å². The lowest BCUT2D eigenvalue weighted by Gasteiger charge is -2.19. The molecule has 1 atom stereocenters. The molecule has 1 fully saturated rings. The van der Waals surface area contributed by atoms with E-state index in [0.29, 0.717) is 25.6 Å². The van der Waals surface area contributed by atoms with Crippen molar-refractivity contribution in [3.63, 3.8) is 0 Å². The van der Waals surface area contributed by atoms with Gasteiger partial charge in [0, 0.05) is 6.42 Å². The van der Waals surface area contributed by atoms with Gasteiger partial charge in [-0.15, -0.1) is 0 Å². The maximum absolute atomic E-state index is 5.45. The number of nitrogens with zero attached hydrogens (tertiary/aromatic N) is 2. The van der Waals surface area contributed by atoms with Crippen LogP contribution in [0.4, 0.5) is 0 Å². The third-order valence-electron chi connectivity index (χ3n) is 1.99. The zero-order valence-electron chi connectivity index (χ0n) is 7.62. The summed E-state index contributed by atoms with van der Waals surface area (Å²) in [6.45, 7) is 3.88. The summed E-state index contributed by atoms with van der Waals surface area (Å²) in [6.07, 6.45) is 0.769. The van der Waals surface area contributed by atoms with Crippen molar-refractivity contribution in [1.82, 2.24) is 15.2 Å². The molecule has 0 spiro atoms. The average Bonchev–Trinajstić information content (AvgIpc) is 2.67. The van der Waals surface area contributed by atoms with E-state index < -0.39 is 0 Å². The van der Waals surface area contributed by atoms with Crippen LogP contribution in [-0.4, -0.2) is 35.0 Å². The first-order valence-corrected chi connectivity index (χ1v) is 4.50. The molecule has 1 unspecified atom stereocenters. The van der Waals surface area contributed by atoms with Gasteiger partial charge in [-0.3, -0.25) is 5.10 Å². The second-order valence-corrected chi connectivity index (χ2v) is 2.93. The summed E-state index contributed by atoms with van der Waals surface area (Å²) in [6, 6.07) is 0. The summed E-state index contributed by atoms with van der Waals surface area (Å²) < 4.78 is 10.7. The second-order valence-electron chi connectivity index (χ2n) is 2.93. The Balaban J connectivity index is 2.05. The highest BCUT2D eigenvalue weighted by atomic mass is 16.6. The van der Waals surface area contributed by atoms with Crippen molar-refractivity contribution in [2.45, 2.75) is 19.4 Å². The van der Waals surface area contributed by atoms with Crippen LogP contribution in [0.15, 0.2) is 0 Å². The highest BCUT2D eigenvalue weighted by Gasteiger charge is 2.20. The van der Waals surface area contributed by atoms with Crippen LogP contribution in [0.1, 0.15) is 24.7 Å². The number of rotatable bonds is 2. The van der Waals surface area contributed by atoms with Gasteiger partial charge in [0.25, 0.3) is 0 Å². The first-order chi connectivity index (χ1) is 6.40. The summed E-state index contributed by atoms with van der Waals surface area (Å²) in [5.41, 5.74) is 0. The molecule has 1 aromatic rings. The quantitative estimate of drug-likeness (QED) is 0.723. The van der Waals surface area contributed by atoms with Crippen LogP contribution in [0.3, 0.4) is 0 Å². The van der Waals surface area contributed by atoms with Gasteiger partial charge >= 0.3 is 0 Å². The van der Waals surface area contributed by atoms with Crippen LogP contribution in [0.5, 0.6) is 0 Å². The first kappa shape index (κ1) is 8.65. The molecule has 1 aromatic heterocycles. The highest BCUT2D eigenvalue weighted by molar-refractivity contribution is 4.94. The van der Waals surface area contributed by atoms with Crippen LogP contribution in [0.25, 0.3) is 0 Å². The molecule has 1 aliphatic heterocycles. The molecule has 0 amide bonds. The van der Waals surface area contributed by atoms with Crippen LogP contribution in [0, 0.1) is 0 Å². The first-order valence-electron chi connectivity index (χ1n) is 4.50. The molecule has 0 bridgehead atoms. The molecule has 72 valence electrons. The van der Waals surface area contributed by atoms with Gasteiger partial charge in [-0.2, -0.15) is 5.10 Å². The van der Waals surface area contributed by atoms with Gasteiger partial charge in [0.2, 0.25) is 0 Å². The van der Waals surface area contributed by atoms with Crippen molar-refractivity contribution in [2.75, 3.05) is 19.8 Å². The van der Waals surface area contributed by atoms with Crippen molar-refractivity contribution in [2.24, 2.45) is 0 Å². The van der Waals surface area contributed by atoms with Gasteiger partial charge in [-0.25, -0.2) is 4.98 Å². The van der Waals surface area contributed by atoms with Crippen molar-refractivity contribution in [3.05, 3.63) is 11.6 Å². The molecule has 1 saturated heterocycles. The molecule has 2 rings (SSSR count). The standard InChI is InChI=1S/C8H13N3O2/c1-2-7-9-8(11-10-7)6-5-12-3-4-13-6/h6H,2-5H2,1H3,(H,9,10,11). The Bertz CT molecular complexity index is 268. The number of aromatic nitrogens is 3. The summed E-state index contributed by atoms with van der Waals surface area (Å²) in [5.74, 6) is 1.60. The van der Waals surface area contributed by atoms with Gasteiger partial charge in [0.15, 0.2) is 5.82 Å². The third kappa shape index (κ3) is 1.87. The molecule has 5 nitrogen and oxygen atoms in total. The summed E-state index contributed by atoms with van der Waals surface area (Å²) in [5, 5.41) is 6.93. The van der Waals surface area contributed by atoms with Crippen molar-refractivity contribution < 1.29 is 9.47 Å². The molecular weight excluding hydrogens is 170 g/mol. The minimum atomic E-state index is -0.0923. The third-order valence-corrected chi connectivity index (χ3v) is 1.99. The SMILES string of the molecule is CCc1nc(C2COCCO2)n[nH]1. The van der Waals surface area contributed by atoms with Crippen LogP contribution in [-0.2, 0) is 15.9 Å². The molecule has 0 saturated carbocycles. The number of H-pyrrole nitrogens is 1. The lowest BCUT2D eigenvalue weighted by Crippen LogP contribution is -2.22. The molecule has 5 heteroatoms.